The van der Waals surface area contributed by atoms with Gasteiger partial charge in [-0.2, -0.15) is 0 Å². The summed E-state index contributed by atoms with van der Waals surface area (Å²) < 4.78 is 15.7. The maximum absolute atomic E-state index is 12.9. The van der Waals surface area contributed by atoms with Crippen molar-refractivity contribution < 1.29 is 28.6 Å². The lowest BCUT2D eigenvalue weighted by atomic mass is 9.82. The largest absolute Gasteiger partial charge is 0.465 e. The molecule has 6 nitrogen and oxygen atoms in total. The Morgan fingerprint density at radius 2 is 1.68 bits per heavy atom. The van der Waals surface area contributed by atoms with E-state index in [9.17, 15) is 14.4 Å². The summed E-state index contributed by atoms with van der Waals surface area (Å²) in [6.45, 7) is 8.65. The molecule has 164 valence electrons. The molecule has 0 atom stereocenters. The van der Waals surface area contributed by atoms with Gasteiger partial charge in [0.05, 0.1) is 13.2 Å². The van der Waals surface area contributed by atoms with Gasteiger partial charge in [-0.1, -0.05) is 42.5 Å². The van der Waals surface area contributed by atoms with E-state index in [0.29, 0.717) is 17.7 Å². The Morgan fingerprint density at radius 1 is 1.03 bits per heavy atom. The molecule has 2 aromatic rings. The molecule has 0 N–H and O–H groups in total. The number of rotatable bonds is 10. The Hall–Kier alpha value is -3.41. The van der Waals surface area contributed by atoms with Gasteiger partial charge in [0.1, 0.15) is 5.75 Å². The highest BCUT2D eigenvalue weighted by Crippen LogP contribution is 2.33. The van der Waals surface area contributed by atoms with Gasteiger partial charge in [-0.3, -0.25) is 14.4 Å². The first-order valence-corrected chi connectivity index (χ1v) is 10.2. The molecule has 0 saturated carbocycles. The first-order valence-electron chi connectivity index (χ1n) is 10.2. The molecule has 0 bridgehead atoms. The molecule has 0 aliphatic rings. The lowest BCUT2D eigenvalue weighted by Crippen LogP contribution is -2.40. The maximum atomic E-state index is 12.9. The second-order valence-corrected chi connectivity index (χ2v) is 6.90. The number of esters is 3. The molecule has 0 aliphatic carbocycles. The van der Waals surface area contributed by atoms with E-state index in [1.165, 1.54) is 13.0 Å². The van der Waals surface area contributed by atoms with Crippen molar-refractivity contribution in [2.45, 2.75) is 33.6 Å². The number of ether oxygens (including phenoxy) is 3. The fourth-order valence-electron chi connectivity index (χ4n) is 3.26. The predicted molar refractivity (Wildman–Crippen MR) is 119 cm³/mol. The van der Waals surface area contributed by atoms with Crippen molar-refractivity contribution in [3.05, 3.63) is 60.7 Å². The molecule has 0 saturated heterocycles. The minimum Gasteiger partial charge on any atom is -0.465 e. The molecular formula is C25H28O6. The molecule has 0 spiro atoms. The molecule has 0 radical (unpaired) electrons. The summed E-state index contributed by atoms with van der Waals surface area (Å²) in [4.78, 5) is 37.3. The number of hydrogen-bond donors (Lipinski definition) is 0. The lowest BCUT2D eigenvalue weighted by Gasteiger charge is -2.26. The number of allylic oxidation sites excluding steroid dienone is 1. The molecule has 0 heterocycles. The van der Waals surface area contributed by atoms with E-state index in [1.54, 1.807) is 38.1 Å². The van der Waals surface area contributed by atoms with Gasteiger partial charge in [-0.05, 0) is 55.2 Å². The summed E-state index contributed by atoms with van der Waals surface area (Å²) >= 11 is 0. The summed E-state index contributed by atoms with van der Waals surface area (Å²) in [6, 6.07) is 11.0. The topological polar surface area (TPSA) is 78.9 Å². The van der Waals surface area contributed by atoms with Gasteiger partial charge in [0.25, 0.3) is 0 Å². The summed E-state index contributed by atoms with van der Waals surface area (Å²) in [5.74, 6) is -1.42. The third kappa shape index (κ3) is 5.81. The lowest BCUT2D eigenvalue weighted by molar-refractivity contribution is -0.168. The predicted octanol–water partition coefficient (Wildman–Crippen LogP) is 4.86. The fraction of sp³-hybridized carbons (Fsp3) is 0.320. The first-order chi connectivity index (χ1) is 14.9. The van der Waals surface area contributed by atoms with E-state index in [2.05, 4.69) is 6.58 Å². The van der Waals surface area contributed by atoms with Gasteiger partial charge in [-0.15, -0.1) is 6.58 Å². The van der Waals surface area contributed by atoms with Crippen LogP contribution >= 0.6 is 0 Å². The van der Waals surface area contributed by atoms with Crippen LogP contribution < -0.4 is 4.74 Å². The molecule has 2 rings (SSSR count). The van der Waals surface area contributed by atoms with Crippen LogP contribution in [0.3, 0.4) is 0 Å². The standard InChI is InChI=1S/C25H28O6/c1-5-8-14-25(23(27)29-6-2,24(28)30-7-3)15-13-20-17-21(31-18(4)26)16-19-11-9-10-12-22(19)20/h5,9-13,15-17H,1,6-8,14H2,2-4H3. The number of fused-ring (bicyclic) bond motifs is 1. The van der Waals surface area contributed by atoms with E-state index < -0.39 is 23.3 Å². The van der Waals surface area contributed by atoms with Crippen molar-refractivity contribution in [3.8, 4) is 5.75 Å². The SMILES string of the molecule is C=CCCC(C=Cc1cc(OC(C)=O)cc2ccccc12)(C(=O)OCC)C(=O)OCC. The van der Waals surface area contributed by atoms with Crippen LogP contribution in [0.2, 0.25) is 0 Å². The molecule has 0 fully saturated rings. The van der Waals surface area contributed by atoms with Gasteiger partial charge >= 0.3 is 17.9 Å². The van der Waals surface area contributed by atoms with Crippen LogP contribution in [0.5, 0.6) is 5.75 Å². The van der Waals surface area contributed by atoms with Gasteiger partial charge < -0.3 is 14.2 Å². The normalized spacial score (nSPS) is 11.3. The highest BCUT2D eigenvalue weighted by Gasteiger charge is 2.46. The highest BCUT2D eigenvalue weighted by atomic mass is 16.6. The van der Waals surface area contributed by atoms with E-state index in [-0.39, 0.29) is 19.6 Å². The van der Waals surface area contributed by atoms with Crippen LogP contribution in [0.4, 0.5) is 0 Å². The van der Waals surface area contributed by atoms with Crippen molar-refractivity contribution in [2.24, 2.45) is 5.41 Å². The van der Waals surface area contributed by atoms with Crippen molar-refractivity contribution in [1.82, 2.24) is 0 Å². The van der Waals surface area contributed by atoms with Crippen molar-refractivity contribution >= 4 is 34.8 Å². The van der Waals surface area contributed by atoms with E-state index in [4.69, 9.17) is 14.2 Å². The fourth-order valence-corrected chi connectivity index (χ4v) is 3.26. The van der Waals surface area contributed by atoms with Crippen LogP contribution in [-0.4, -0.2) is 31.1 Å². The van der Waals surface area contributed by atoms with Gasteiger partial charge in [0, 0.05) is 6.92 Å². The second kappa shape index (κ2) is 11.1. The molecule has 0 aliphatic heterocycles. The minimum absolute atomic E-state index is 0.132. The summed E-state index contributed by atoms with van der Waals surface area (Å²) in [6.07, 6.45) is 5.40. The third-order valence-electron chi connectivity index (χ3n) is 4.70. The summed E-state index contributed by atoms with van der Waals surface area (Å²) in [5, 5.41) is 1.73. The third-order valence-corrected chi connectivity index (χ3v) is 4.70. The molecule has 0 aromatic heterocycles. The molecule has 0 amide bonds. The summed E-state index contributed by atoms with van der Waals surface area (Å²) in [7, 11) is 0. The van der Waals surface area contributed by atoms with Crippen LogP contribution in [0.25, 0.3) is 16.8 Å². The van der Waals surface area contributed by atoms with Crippen LogP contribution in [0.15, 0.2) is 55.1 Å². The molecule has 0 unspecified atom stereocenters. The molecule has 6 heteroatoms. The molecular weight excluding hydrogens is 396 g/mol. The zero-order valence-electron chi connectivity index (χ0n) is 18.2. The van der Waals surface area contributed by atoms with E-state index in [0.717, 1.165) is 10.8 Å². The Balaban J connectivity index is 2.63. The zero-order chi connectivity index (χ0) is 22.9. The van der Waals surface area contributed by atoms with Crippen molar-refractivity contribution in [3.63, 3.8) is 0 Å². The first kappa shape index (κ1) is 23.9. The second-order valence-electron chi connectivity index (χ2n) is 6.90. The Labute approximate surface area is 182 Å². The molecule has 2 aromatic carbocycles. The number of carbonyl (C=O) groups is 3. The van der Waals surface area contributed by atoms with Gasteiger partial charge in [0.15, 0.2) is 5.41 Å². The highest BCUT2D eigenvalue weighted by molar-refractivity contribution is 6.03. The average molecular weight is 424 g/mol. The molecule has 31 heavy (non-hydrogen) atoms. The summed E-state index contributed by atoms with van der Waals surface area (Å²) in [5.41, 5.74) is -0.926. The Morgan fingerprint density at radius 3 is 2.26 bits per heavy atom. The number of benzene rings is 2. The van der Waals surface area contributed by atoms with Crippen molar-refractivity contribution in [2.75, 3.05) is 13.2 Å². The number of carbonyl (C=O) groups excluding carboxylic acids is 3. The Bertz CT molecular complexity index is 971. The Kier molecular flexibility index (Phi) is 8.55. The van der Waals surface area contributed by atoms with Crippen LogP contribution in [-0.2, 0) is 23.9 Å². The monoisotopic (exact) mass is 424 g/mol. The smallest absolute Gasteiger partial charge is 0.327 e. The van der Waals surface area contributed by atoms with Crippen molar-refractivity contribution in [1.29, 1.82) is 0 Å². The number of hydrogen-bond acceptors (Lipinski definition) is 6. The van der Waals surface area contributed by atoms with E-state index in [1.807, 2.05) is 24.3 Å². The maximum Gasteiger partial charge on any atom is 0.327 e. The minimum atomic E-state index is -1.61. The quantitative estimate of drug-likeness (QED) is 0.235. The van der Waals surface area contributed by atoms with Crippen LogP contribution in [0, 0.1) is 5.41 Å². The van der Waals surface area contributed by atoms with Gasteiger partial charge in [0.2, 0.25) is 0 Å². The average Bonchev–Trinajstić information content (AvgIpc) is 2.73. The van der Waals surface area contributed by atoms with Gasteiger partial charge in [-0.25, -0.2) is 0 Å². The van der Waals surface area contributed by atoms with E-state index >= 15 is 0 Å². The van der Waals surface area contributed by atoms with Crippen LogP contribution in [0.1, 0.15) is 39.2 Å². The zero-order valence-corrected chi connectivity index (χ0v) is 18.2.